The average Bonchev–Trinajstić information content (AvgIpc) is 2.60. The number of hydrogen-bond donors (Lipinski definition) is 1. The maximum atomic E-state index is 6.29. The molecule has 0 spiro atoms. The largest absolute Gasteiger partial charge is 0.328 e. The van der Waals surface area contributed by atoms with E-state index in [1.165, 1.54) is 0 Å². The molecule has 2 rings (SSSR count). The third-order valence-corrected chi connectivity index (χ3v) is 3.21. The van der Waals surface area contributed by atoms with Crippen LogP contribution >= 0.6 is 11.6 Å². The van der Waals surface area contributed by atoms with Gasteiger partial charge in [-0.3, -0.25) is 0 Å². The minimum atomic E-state index is 0.0700. The Labute approximate surface area is 113 Å². The first-order valence-corrected chi connectivity index (χ1v) is 6.43. The van der Waals surface area contributed by atoms with Gasteiger partial charge in [0, 0.05) is 16.8 Å². The van der Waals surface area contributed by atoms with Gasteiger partial charge in [0.05, 0.1) is 11.4 Å². The van der Waals surface area contributed by atoms with Gasteiger partial charge >= 0.3 is 0 Å². The average molecular weight is 264 g/mol. The lowest BCUT2D eigenvalue weighted by Gasteiger charge is -2.14. The third-order valence-electron chi connectivity index (χ3n) is 2.86. The number of benzene rings is 1. The van der Waals surface area contributed by atoms with E-state index < -0.39 is 0 Å². The van der Waals surface area contributed by atoms with E-state index in [2.05, 4.69) is 11.2 Å². The van der Waals surface area contributed by atoms with E-state index in [0.29, 0.717) is 0 Å². The van der Waals surface area contributed by atoms with E-state index in [1.807, 2.05) is 43.7 Å². The van der Waals surface area contributed by atoms with Crippen molar-refractivity contribution in [2.24, 2.45) is 5.73 Å². The van der Waals surface area contributed by atoms with Crippen LogP contribution in [0.15, 0.2) is 24.3 Å². The Kier molecular flexibility index (Phi) is 3.73. The molecule has 1 aromatic carbocycles. The Balaban J connectivity index is 2.56. The summed E-state index contributed by atoms with van der Waals surface area (Å²) in [5, 5.41) is 5.25. The first-order valence-electron chi connectivity index (χ1n) is 6.05. The van der Waals surface area contributed by atoms with Gasteiger partial charge in [-0.15, -0.1) is 0 Å². The van der Waals surface area contributed by atoms with Gasteiger partial charge in [-0.1, -0.05) is 17.7 Å². The Hall–Kier alpha value is -1.32. The summed E-state index contributed by atoms with van der Waals surface area (Å²) in [6.45, 7) is 6.00. The highest BCUT2D eigenvalue weighted by atomic mass is 35.5. The first-order chi connectivity index (χ1) is 8.49. The van der Waals surface area contributed by atoms with E-state index >= 15 is 0 Å². The van der Waals surface area contributed by atoms with Crippen molar-refractivity contribution >= 4 is 11.6 Å². The van der Waals surface area contributed by atoms with Gasteiger partial charge in [0.2, 0.25) is 0 Å². The lowest BCUT2D eigenvalue weighted by atomic mass is 10.1. The second-order valence-corrected chi connectivity index (χ2v) is 5.17. The molecule has 1 heterocycles. The molecule has 0 aliphatic carbocycles. The van der Waals surface area contributed by atoms with E-state index in [-0.39, 0.29) is 6.04 Å². The van der Waals surface area contributed by atoms with Gasteiger partial charge in [-0.05, 0) is 51.0 Å². The van der Waals surface area contributed by atoms with Crippen molar-refractivity contribution in [1.29, 1.82) is 0 Å². The summed E-state index contributed by atoms with van der Waals surface area (Å²) in [5.41, 5.74) is 10.1. The molecule has 0 bridgehead atoms. The fourth-order valence-corrected chi connectivity index (χ4v) is 2.39. The molecule has 0 amide bonds. The molecular formula is C14H18ClN3. The molecule has 1 atom stereocenters. The number of nitrogens with two attached hydrogens (primary N) is 1. The summed E-state index contributed by atoms with van der Waals surface area (Å²) in [4.78, 5) is 0. The second-order valence-electron chi connectivity index (χ2n) is 4.76. The van der Waals surface area contributed by atoms with Crippen LogP contribution in [0.3, 0.4) is 0 Å². The number of aromatic nitrogens is 2. The third kappa shape index (κ3) is 2.57. The highest BCUT2D eigenvalue weighted by molar-refractivity contribution is 6.31. The Morgan fingerprint density at radius 3 is 2.67 bits per heavy atom. The predicted octanol–water partition coefficient (Wildman–Crippen LogP) is 3.03. The topological polar surface area (TPSA) is 43.8 Å². The fraction of sp³-hybridized carbons (Fsp3) is 0.357. The Bertz CT molecular complexity index is 558. The zero-order chi connectivity index (χ0) is 13.3. The number of nitrogens with zero attached hydrogens (tertiary/aromatic N) is 2. The summed E-state index contributed by atoms with van der Waals surface area (Å²) < 4.78 is 1.93. The minimum Gasteiger partial charge on any atom is -0.328 e. The van der Waals surface area contributed by atoms with Crippen LogP contribution in [-0.2, 0) is 6.42 Å². The number of halogens is 1. The Morgan fingerprint density at radius 1 is 1.39 bits per heavy atom. The summed E-state index contributed by atoms with van der Waals surface area (Å²) in [7, 11) is 0. The molecule has 96 valence electrons. The van der Waals surface area contributed by atoms with Crippen molar-refractivity contribution < 1.29 is 0 Å². The lowest BCUT2D eigenvalue weighted by molar-refractivity contribution is 0.724. The molecule has 2 N–H and O–H groups in total. The highest BCUT2D eigenvalue weighted by Crippen LogP contribution is 2.25. The minimum absolute atomic E-state index is 0.0700. The summed E-state index contributed by atoms with van der Waals surface area (Å²) in [6, 6.07) is 7.99. The van der Waals surface area contributed by atoms with Crippen LogP contribution in [0, 0.1) is 13.8 Å². The van der Waals surface area contributed by atoms with Crippen molar-refractivity contribution in [3.63, 3.8) is 0 Å². The van der Waals surface area contributed by atoms with Gasteiger partial charge in [-0.25, -0.2) is 4.68 Å². The van der Waals surface area contributed by atoms with Gasteiger partial charge in [-0.2, -0.15) is 5.10 Å². The van der Waals surface area contributed by atoms with E-state index in [9.17, 15) is 0 Å². The zero-order valence-corrected chi connectivity index (χ0v) is 11.7. The van der Waals surface area contributed by atoms with Crippen LogP contribution in [0.25, 0.3) is 5.69 Å². The van der Waals surface area contributed by atoms with E-state index in [0.717, 1.165) is 34.1 Å². The normalized spacial score (nSPS) is 12.7. The molecule has 0 aliphatic rings. The highest BCUT2D eigenvalue weighted by Gasteiger charge is 2.13. The SMILES string of the molecule is Cc1cc(C)n(-c2cccc(Cl)c2CC(C)N)n1. The van der Waals surface area contributed by atoms with Gasteiger partial charge < -0.3 is 5.73 Å². The quantitative estimate of drug-likeness (QED) is 0.925. The lowest BCUT2D eigenvalue weighted by Crippen LogP contribution is -2.19. The van der Waals surface area contributed by atoms with Crippen LogP contribution in [0.4, 0.5) is 0 Å². The maximum Gasteiger partial charge on any atom is 0.0696 e. The molecular weight excluding hydrogens is 246 g/mol. The first kappa shape index (κ1) is 13.1. The van der Waals surface area contributed by atoms with Gasteiger partial charge in [0.15, 0.2) is 0 Å². The molecule has 4 heteroatoms. The molecule has 2 aromatic rings. The molecule has 18 heavy (non-hydrogen) atoms. The van der Waals surface area contributed by atoms with Gasteiger partial charge in [0.25, 0.3) is 0 Å². The maximum absolute atomic E-state index is 6.29. The van der Waals surface area contributed by atoms with Gasteiger partial charge in [0.1, 0.15) is 0 Å². The van der Waals surface area contributed by atoms with Crippen molar-refractivity contribution in [3.05, 3.63) is 46.2 Å². The number of aryl methyl sites for hydroxylation is 2. The molecule has 1 unspecified atom stereocenters. The van der Waals surface area contributed by atoms with Crippen molar-refractivity contribution in [3.8, 4) is 5.69 Å². The number of hydrogen-bond acceptors (Lipinski definition) is 2. The monoisotopic (exact) mass is 263 g/mol. The molecule has 1 aromatic heterocycles. The fourth-order valence-electron chi connectivity index (χ4n) is 2.14. The van der Waals surface area contributed by atoms with Crippen molar-refractivity contribution in [2.45, 2.75) is 33.2 Å². The van der Waals surface area contributed by atoms with Crippen LogP contribution < -0.4 is 5.73 Å². The van der Waals surface area contributed by atoms with E-state index in [1.54, 1.807) is 0 Å². The molecule has 0 radical (unpaired) electrons. The van der Waals surface area contributed by atoms with Crippen LogP contribution in [0.5, 0.6) is 0 Å². The standard InChI is InChI=1S/C14H18ClN3/c1-9(16)7-12-13(15)5-4-6-14(12)18-11(3)8-10(2)17-18/h4-6,8-9H,7,16H2,1-3H3. The van der Waals surface area contributed by atoms with Crippen LogP contribution in [-0.4, -0.2) is 15.8 Å². The molecule has 0 aliphatic heterocycles. The molecule has 0 fully saturated rings. The zero-order valence-electron chi connectivity index (χ0n) is 10.9. The number of rotatable bonds is 3. The molecule has 0 saturated carbocycles. The van der Waals surface area contributed by atoms with E-state index in [4.69, 9.17) is 17.3 Å². The smallest absolute Gasteiger partial charge is 0.0696 e. The molecule has 3 nitrogen and oxygen atoms in total. The summed E-state index contributed by atoms with van der Waals surface area (Å²) in [6.07, 6.45) is 0.743. The van der Waals surface area contributed by atoms with Crippen molar-refractivity contribution in [1.82, 2.24) is 9.78 Å². The predicted molar refractivity (Wildman–Crippen MR) is 75.4 cm³/mol. The second kappa shape index (κ2) is 5.12. The van der Waals surface area contributed by atoms with Crippen LogP contribution in [0.1, 0.15) is 23.9 Å². The summed E-state index contributed by atoms with van der Waals surface area (Å²) in [5.74, 6) is 0. The van der Waals surface area contributed by atoms with Crippen molar-refractivity contribution in [2.75, 3.05) is 0 Å². The van der Waals surface area contributed by atoms with Crippen LogP contribution in [0.2, 0.25) is 5.02 Å². The summed E-state index contributed by atoms with van der Waals surface area (Å²) >= 11 is 6.29. The molecule has 0 saturated heterocycles. The Morgan fingerprint density at radius 2 is 2.11 bits per heavy atom.